The van der Waals surface area contributed by atoms with Gasteiger partial charge in [-0.15, -0.1) is 0 Å². The maximum Gasteiger partial charge on any atom is 0.128 e. The summed E-state index contributed by atoms with van der Waals surface area (Å²) in [5.74, 6) is 1.06. The standard InChI is InChI=1S/C14H21N3/c1-3-17(4-2)11-12-7-5-6-8-13(12)14-15-9-10-16-14/h5-8H,3-4,9-11H2,1-2H3,(H,15,16). The van der Waals surface area contributed by atoms with Crippen molar-refractivity contribution >= 4 is 5.84 Å². The van der Waals surface area contributed by atoms with Gasteiger partial charge in [0.15, 0.2) is 0 Å². The van der Waals surface area contributed by atoms with E-state index in [0.29, 0.717) is 0 Å². The van der Waals surface area contributed by atoms with Crippen LogP contribution in [0, 0.1) is 0 Å². The minimum Gasteiger partial charge on any atom is -0.368 e. The number of rotatable bonds is 5. The highest BCUT2D eigenvalue weighted by Gasteiger charge is 2.13. The largest absolute Gasteiger partial charge is 0.368 e. The number of benzene rings is 1. The van der Waals surface area contributed by atoms with E-state index in [9.17, 15) is 0 Å². The van der Waals surface area contributed by atoms with Crippen molar-refractivity contribution in [2.24, 2.45) is 4.99 Å². The normalized spacial score (nSPS) is 14.9. The molecule has 0 spiro atoms. The Hall–Kier alpha value is -1.35. The van der Waals surface area contributed by atoms with Crippen LogP contribution in [-0.4, -0.2) is 36.9 Å². The van der Waals surface area contributed by atoms with Crippen LogP contribution >= 0.6 is 0 Å². The van der Waals surface area contributed by atoms with Crippen molar-refractivity contribution in [1.82, 2.24) is 10.2 Å². The summed E-state index contributed by atoms with van der Waals surface area (Å²) < 4.78 is 0. The highest BCUT2D eigenvalue weighted by atomic mass is 15.1. The Morgan fingerprint density at radius 1 is 1.24 bits per heavy atom. The average molecular weight is 231 g/mol. The SMILES string of the molecule is CCN(CC)Cc1ccccc1C1=NCCN1. The van der Waals surface area contributed by atoms with E-state index in [2.05, 4.69) is 53.3 Å². The van der Waals surface area contributed by atoms with Gasteiger partial charge in [-0.25, -0.2) is 0 Å². The van der Waals surface area contributed by atoms with E-state index in [1.54, 1.807) is 0 Å². The molecule has 2 rings (SSSR count). The fourth-order valence-corrected chi connectivity index (χ4v) is 2.16. The molecule has 1 aromatic carbocycles. The van der Waals surface area contributed by atoms with Gasteiger partial charge >= 0.3 is 0 Å². The number of nitrogens with zero attached hydrogens (tertiary/aromatic N) is 2. The first-order valence-electron chi connectivity index (χ1n) is 6.44. The summed E-state index contributed by atoms with van der Waals surface area (Å²) in [6.45, 7) is 9.46. The Bertz CT molecular complexity index is 394. The topological polar surface area (TPSA) is 27.6 Å². The van der Waals surface area contributed by atoms with Gasteiger partial charge in [-0.3, -0.25) is 9.89 Å². The zero-order valence-corrected chi connectivity index (χ0v) is 10.7. The second-order valence-corrected chi connectivity index (χ2v) is 4.28. The van der Waals surface area contributed by atoms with E-state index in [0.717, 1.165) is 38.6 Å². The highest BCUT2D eigenvalue weighted by molar-refractivity contribution is 6.00. The molecule has 0 saturated carbocycles. The van der Waals surface area contributed by atoms with Gasteiger partial charge in [0.25, 0.3) is 0 Å². The summed E-state index contributed by atoms with van der Waals surface area (Å²) in [6.07, 6.45) is 0. The summed E-state index contributed by atoms with van der Waals surface area (Å²) in [4.78, 5) is 6.94. The zero-order chi connectivity index (χ0) is 12.1. The Morgan fingerprint density at radius 2 is 2.00 bits per heavy atom. The van der Waals surface area contributed by atoms with Crippen LogP contribution in [0.15, 0.2) is 29.3 Å². The van der Waals surface area contributed by atoms with E-state index in [1.807, 2.05) is 0 Å². The second-order valence-electron chi connectivity index (χ2n) is 4.28. The minimum atomic E-state index is 0.898. The molecular formula is C14H21N3. The predicted octanol–water partition coefficient (Wildman–Crippen LogP) is 1.88. The lowest BCUT2D eigenvalue weighted by atomic mass is 10.1. The molecule has 92 valence electrons. The molecule has 0 fully saturated rings. The average Bonchev–Trinajstić information content (AvgIpc) is 2.90. The van der Waals surface area contributed by atoms with Gasteiger partial charge in [-0.2, -0.15) is 0 Å². The zero-order valence-electron chi connectivity index (χ0n) is 10.7. The molecule has 0 saturated heterocycles. The van der Waals surface area contributed by atoms with Gasteiger partial charge in [0.1, 0.15) is 5.84 Å². The lowest BCUT2D eigenvalue weighted by Crippen LogP contribution is -2.26. The monoisotopic (exact) mass is 231 g/mol. The van der Waals surface area contributed by atoms with Crippen LogP contribution in [0.4, 0.5) is 0 Å². The maximum absolute atomic E-state index is 4.51. The quantitative estimate of drug-likeness (QED) is 0.838. The molecule has 1 heterocycles. The molecule has 0 aromatic heterocycles. The van der Waals surface area contributed by atoms with Crippen molar-refractivity contribution < 1.29 is 0 Å². The Labute approximate surface area is 104 Å². The summed E-state index contributed by atoms with van der Waals surface area (Å²) in [6, 6.07) is 8.56. The van der Waals surface area contributed by atoms with Crippen molar-refractivity contribution in [3.05, 3.63) is 35.4 Å². The van der Waals surface area contributed by atoms with Gasteiger partial charge < -0.3 is 5.32 Å². The van der Waals surface area contributed by atoms with Crippen LogP contribution in [-0.2, 0) is 6.54 Å². The van der Waals surface area contributed by atoms with Crippen LogP contribution in [0.1, 0.15) is 25.0 Å². The van der Waals surface area contributed by atoms with Gasteiger partial charge in [0.2, 0.25) is 0 Å². The first-order chi connectivity index (χ1) is 8.35. The van der Waals surface area contributed by atoms with Gasteiger partial charge in [0.05, 0.1) is 6.54 Å². The summed E-state index contributed by atoms with van der Waals surface area (Å²) in [5.41, 5.74) is 2.63. The van der Waals surface area contributed by atoms with E-state index < -0.39 is 0 Å². The van der Waals surface area contributed by atoms with Gasteiger partial charge in [-0.05, 0) is 18.7 Å². The molecule has 1 N–H and O–H groups in total. The molecule has 1 aliphatic rings. The first-order valence-corrected chi connectivity index (χ1v) is 6.44. The predicted molar refractivity (Wildman–Crippen MR) is 72.5 cm³/mol. The number of hydrogen-bond donors (Lipinski definition) is 1. The summed E-state index contributed by atoms with van der Waals surface area (Å²) in [7, 11) is 0. The fourth-order valence-electron chi connectivity index (χ4n) is 2.16. The van der Waals surface area contributed by atoms with Crippen LogP contribution in [0.3, 0.4) is 0 Å². The summed E-state index contributed by atoms with van der Waals surface area (Å²) >= 11 is 0. The highest BCUT2D eigenvalue weighted by Crippen LogP contribution is 2.13. The smallest absolute Gasteiger partial charge is 0.128 e. The molecule has 0 amide bonds. The Balaban J connectivity index is 2.21. The van der Waals surface area contributed by atoms with E-state index in [-0.39, 0.29) is 0 Å². The van der Waals surface area contributed by atoms with Crippen molar-refractivity contribution in [3.63, 3.8) is 0 Å². The first kappa shape index (κ1) is 12.1. The number of aliphatic imine (C=N–C) groups is 1. The molecule has 0 bridgehead atoms. The van der Waals surface area contributed by atoms with Crippen molar-refractivity contribution in [2.45, 2.75) is 20.4 Å². The molecular weight excluding hydrogens is 210 g/mol. The molecule has 0 unspecified atom stereocenters. The molecule has 17 heavy (non-hydrogen) atoms. The third-order valence-electron chi connectivity index (χ3n) is 3.24. The third-order valence-corrected chi connectivity index (χ3v) is 3.24. The molecule has 0 radical (unpaired) electrons. The number of hydrogen-bond acceptors (Lipinski definition) is 3. The lowest BCUT2D eigenvalue weighted by molar-refractivity contribution is 0.295. The maximum atomic E-state index is 4.51. The molecule has 1 aromatic rings. The minimum absolute atomic E-state index is 0.898. The van der Waals surface area contributed by atoms with Crippen LogP contribution in [0.2, 0.25) is 0 Å². The molecule has 0 atom stereocenters. The molecule has 1 aliphatic heterocycles. The van der Waals surface area contributed by atoms with Crippen LogP contribution in [0.5, 0.6) is 0 Å². The van der Waals surface area contributed by atoms with Gasteiger partial charge in [0, 0.05) is 18.7 Å². The van der Waals surface area contributed by atoms with Crippen molar-refractivity contribution in [1.29, 1.82) is 0 Å². The number of nitrogens with one attached hydrogen (secondary N) is 1. The Kier molecular flexibility index (Phi) is 4.15. The van der Waals surface area contributed by atoms with E-state index in [1.165, 1.54) is 11.1 Å². The lowest BCUT2D eigenvalue weighted by Gasteiger charge is -2.20. The van der Waals surface area contributed by atoms with Crippen LogP contribution < -0.4 is 5.32 Å². The number of amidine groups is 1. The van der Waals surface area contributed by atoms with Crippen molar-refractivity contribution in [3.8, 4) is 0 Å². The van der Waals surface area contributed by atoms with E-state index >= 15 is 0 Å². The van der Waals surface area contributed by atoms with Crippen LogP contribution in [0.25, 0.3) is 0 Å². The summed E-state index contributed by atoms with van der Waals surface area (Å²) in [5, 5.41) is 3.35. The van der Waals surface area contributed by atoms with Gasteiger partial charge in [-0.1, -0.05) is 38.1 Å². The molecule has 3 heteroatoms. The molecule has 0 aliphatic carbocycles. The third kappa shape index (κ3) is 2.86. The molecule has 3 nitrogen and oxygen atoms in total. The van der Waals surface area contributed by atoms with E-state index in [4.69, 9.17) is 0 Å². The van der Waals surface area contributed by atoms with Crippen molar-refractivity contribution in [2.75, 3.05) is 26.2 Å². The Morgan fingerprint density at radius 3 is 2.65 bits per heavy atom. The fraction of sp³-hybridized carbons (Fsp3) is 0.500. The second kappa shape index (κ2) is 5.82.